The maximum atomic E-state index is 11.3. The van der Waals surface area contributed by atoms with E-state index in [0.717, 1.165) is 5.01 Å². The number of aromatic nitrogens is 3. The Kier molecular flexibility index (Phi) is 4.77. The topological polar surface area (TPSA) is 117 Å². The van der Waals surface area contributed by atoms with Gasteiger partial charge in [-0.25, -0.2) is 9.78 Å². The van der Waals surface area contributed by atoms with E-state index in [0.29, 0.717) is 18.8 Å². The van der Waals surface area contributed by atoms with Crippen molar-refractivity contribution < 1.29 is 14.7 Å². The highest BCUT2D eigenvalue weighted by atomic mass is 32.1. The molecule has 0 aromatic carbocycles. The predicted molar refractivity (Wildman–Crippen MR) is 76.7 cm³/mol. The number of aromatic carboxylic acids is 1. The molecule has 9 heteroatoms. The van der Waals surface area contributed by atoms with Gasteiger partial charge < -0.3 is 15.7 Å². The highest BCUT2D eigenvalue weighted by Gasteiger charge is 2.08. The summed E-state index contributed by atoms with van der Waals surface area (Å²) in [5.41, 5.74) is 0.304. The predicted octanol–water partition coefficient (Wildman–Crippen LogP) is 0.645. The minimum atomic E-state index is -1.03. The molecule has 21 heavy (non-hydrogen) atoms. The van der Waals surface area contributed by atoms with Crippen molar-refractivity contribution in [3.63, 3.8) is 0 Å². The molecule has 1 amide bonds. The number of hydrogen-bond donors (Lipinski definition) is 3. The Balaban J connectivity index is 1.85. The zero-order valence-corrected chi connectivity index (χ0v) is 12.0. The van der Waals surface area contributed by atoms with Crippen molar-refractivity contribution in [3.8, 4) is 0 Å². The smallest absolute Gasteiger partial charge is 0.355 e. The molecule has 110 valence electrons. The lowest BCUT2D eigenvalue weighted by molar-refractivity contribution is 0.0691. The van der Waals surface area contributed by atoms with Gasteiger partial charge in [0.1, 0.15) is 5.82 Å². The fourth-order valence-electron chi connectivity index (χ4n) is 1.50. The van der Waals surface area contributed by atoms with Crippen LogP contribution in [0, 0.1) is 0 Å². The summed E-state index contributed by atoms with van der Waals surface area (Å²) in [7, 11) is 1.52. The lowest BCUT2D eigenvalue weighted by atomic mass is 10.3. The van der Waals surface area contributed by atoms with Gasteiger partial charge in [0.2, 0.25) is 0 Å². The molecule has 0 fully saturated rings. The second-order valence-electron chi connectivity index (χ2n) is 3.99. The summed E-state index contributed by atoms with van der Waals surface area (Å²) in [6.07, 6.45) is 0.580. The van der Waals surface area contributed by atoms with Crippen molar-refractivity contribution in [3.05, 3.63) is 33.9 Å². The number of carbonyl (C=O) groups excluding carboxylic acids is 1. The second kappa shape index (κ2) is 6.75. The monoisotopic (exact) mass is 307 g/mol. The molecule has 0 radical (unpaired) electrons. The lowest BCUT2D eigenvalue weighted by Crippen LogP contribution is -2.20. The van der Waals surface area contributed by atoms with Crippen LogP contribution in [0.2, 0.25) is 0 Å². The molecule has 0 aliphatic rings. The number of amides is 1. The summed E-state index contributed by atoms with van der Waals surface area (Å²) in [6.45, 7) is 0.542. The van der Waals surface area contributed by atoms with Crippen molar-refractivity contribution in [2.24, 2.45) is 0 Å². The number of carbonyl (C=O) groups is 2. The summed E-state index contributed by atoms with van der Waals surface area (Å²) in [5, 5.41) is 24.2. The average Bonchev–Trinajstić information content (AvgIpc) is 2.96. The van der Waals surface area contributed by atoms with Gasteiger partial charge >= 0.3 is 5.97 Å². The fourth-order valence-corrected chi connectivity index (χ4v) is 2.27. The van der Waals surface area contributed by atoms with Crippen LogP contribution in [0.1, 0.15) is 26.0 Å². The number of hydrogen-bond acceptors (Lipinski definition) is 7. The van der Waals surface area contributed by atoms with Crippen molar-refractivity contribution in [2.45, 2.75) is 6.42 Å². The maximum absolute atomic E-state index is 11.3. The average molecular weight is 307 g/mol. The molecule has 0 aliphatic heterocycles. The highest BCUT2D eigenvalue weighted by molar-refractivity contribution is 7.09. The molecule has 0 aliphatic carbocycles. The van der Waals surface area contributed by atoms with Crippen LogP contribution in [-0.4, -0.2) is 45.8 Å². The maximum Gasteiger partial charge on any atom is 0.355 e. The first kappa shape index (κ1) is 14.9. The van der Waals surface area contributed by atoms with Crippen LogP contribution in [-0.2, 0) is 6.42 Å². The molecule has 0 saturated carbocycles. The van der Waals surface area contributed by atoms with Gasteiger partial charge in [0.15, 0.2) is 11.4 Å². The number of anilines is 1. The van der Waals surface area contributed by atoms with Gasteiger partial charge in [-0.05, 0) is 12.1 Å². The molecule has 0 bridgehead atoms. The second-order valence-corrected chi connectivity index (χ2v) is 4.93. The van der Waals surface area contributed by atoms with E-state index in [1.807, 2.05) is 0 Å². The van der Waals surface area contributed by atoms with E-state index in [4.69, 9.17) is 5.11 Å². The Labute approximate surface area is 124 Å². The van der Waals surface area contributed by atoms with Gasteiger partial charge in [-0.3, -0.25) is 4.79 Å². The first-order chi connectivity index (χ1) is 10.1. The third-order valence-corrected chi connectivity index (χ3v) is 3.45. The fraction of sp³-hybridized carbons (Fsp3) is 0.250. The van der Waals surface area contributed by atoms with Crippen molar-refractivity contribution in [2.75, 3.05) is 18.9 Å². The molecular formula is C12H13N5O3S. The molecule has 0 unspecified atom stereocenters. The van der Waals surface area contributed by atoms with Crippen LogP contribution in [0.5, 0.6) is 0 Å². The summed E-state index contributed by atoms with van der Waals surface area (Å²) in [5.74, 6) is -0.781. The molecule has 8 nitrogen and oxygen atoms in total. The van der Waals surface area contributed by atoms with Gasteiger partial charge in [0.25, 0.3) is 5.91 Å². The van der Waals surface area contributed by atoms with Crippen LogP contribution >= 0.6 is 11.3 Å². The third-order valence-electron chi connectivity index (χ3n) is 2.54. The Morgan fingerprint density at radius 3 is 2.67 bits per heavy atom. The van der Waals surface area contributed by atoms with Gasteiger partial charge in [-0.2, -0.15) is 0 Å². The Morgan fingerprint density at radius 2 is 2.10 bits per heavy atom. The summed E-state index contributed by atoms with van der Waals surface area (Å²) in [6, 6.07) is 3.22. The van der Waals surface area contributed by atoms with Crippen LogP contribution in [0.4, 0.5) is 5.82 Å². The Morgan fingerprint density at radius 1 is 1.29 bits per heavy atom. The van der Waals surface area contributed by atoms with Crippen LogP contribution in [0.25, 0.3) is 0 Å². The first-order valence-corrected chi connectivity index (χ1v) is 6.95. The van der Waals surface area contributed by atoms with E-state index in [1.165, 1.54) is 23.8 Å². The van der Waals surface area contributed by atoms with Gasteiger partial charge in [0, 0.05) is 25.4 Å². The zero-order chi connectivity index (χ0) is 15.2. The number of rotatable bonds is 6. The van der Waals surface area contributed by atoms with Crippen LogP contribution < -0.4 is 10.6 Å². The van der Waals surface area contributed by atoms with E-state index < -0.39 is 5.97 Å². The Hall–Kier alpha value is -2.55. The van der Waals surface area contributed by atoms with Gasteiger partial charge in [-0.1, -0.05) is 0 Å². The summed E-state index contributed by atoms with van der Waals surface area (Å²) >= 11 is 1.30. The van der Waals surface area contributed by atoms with E-state index in [9.17, 15) is 9.59 Å². The normalized spacial score (nSPS) is 10.1. The van der Waals surface area contributed by atoms with Gasteiger partial charge in [0.05, 0.1) is 5.01 Å². The summed E-state index contributed by atoms with van der Waals surface area (Å²) < 4.78 is 0. The first-order valence-electron chi connectivity index (χ1n) is 6.07. The molecule has 0 atom stereocenters. The zero-order valence-electron chi connectivity index (χ0n) is 11.2. The lowest BCUT2D eigenvalue weighted by Gasteiger charge is -2.04. The van der Waals surface area contributed by atoms with E-state index in [2.05, 4.69) is 25.8 Å². The molecule has 0 spiro atoms. The molecular weight excluding hydrogens is 294 g/mol. The SMILES string of the molecule is CNC(=O)c1ccc(NCCc2nc(C(=O)O)cs2)nn1. The minimum Gasteiger partial charge on any atom is -0.476 e. The number of carboxylic acid groups (broad SMARTS) is 1. The number of nitrogens with one attached hydrogen (secondary N) is 2. The largest absolute Gasteiger partial charge is 0.476 e. The quantitative estimate of drug-likeness (QED) is 0.717. The molecule has 2 aromatic heterocycles. The summed E-state index contributed by atoms with van der Waals surface area (Å²) in [4.78, 5) is 26.0. The molecule has 2 heterocycles. The highest BCUT2D eigenvalue weighted by Crippen LogP contribution is 2.11. The van der Waals surface area contributed by atoms with Crippen molar-refractivity contribution in [1.29, 1.82) is 0 Å². The molecule has 3 N–H and O–H groups in total. The van der Waals surface area contributed by atoms with Crippen molar-refractivity contribution in [1.82, 2.24) is 20.5 Å². The molecule has 2 aromatic rings. The molecule has 2 rings (SSSR count). The van der Waals surface area contributed by atoms with E-state index >= 15 is 0 Å². The van der Waals surface area contributed by atoms with Crippen LogP contribution in [0.15, 0.2) is 17.5 Å². The standard InChI is InChI=1S/C12H13N5O3S/c1-13-11(18)7-2-3-9(17-16-7)14-5-4-10-15-8(6-21-10)12(19)20/h2-3,6H,4-5H2,1H3,(H,13,18)(H,14,17)(H,19,20). The van der Waals surface area contributed by atoms with Crippen LogP contribution in [0.3, 0.4) is 0 Å². The number of thiazole rings is 1. The third kappa shape index (κ3) is 3.96. The Bertz CT molecular complexity index is 641. The molecule has 0 saturated heterocycles. The van der Waals surface area contributed by atoms with E-state index in [1.54, 1.807) is 12.1 Å². The van der Waals surface area contributed by atoms with Crippen molar-refractivity contribution >= 4 is 29.0 Å². The number of nitrogens with zero attached hydrogens (tertiary/aromatic N) is 3. The number of carboxylic acids is 1. The minimum absolute atomic E-state index is 0.0599. The van der Waals surface area contributed by atoms with Gasteiger partial charge in [-0.15, -0.1) is 21.5 Å². The van der Waals surface area contributed by atoms with E-state index in [-0.39, 0.29) is 17.3 Å².